The number of esters is 1. The SMILES string of the molecule is CCOC(=O)[C@@H](COC(c1ccccc1)(c1ccccc1)c1ccccc1)[C@@H](O)CCc1cccc2ccccc12. The Morgan fingerprint density at radius 1 is 0.707 bits per heavy atom. The van der Waals surface area contributed by atoms with Crippen LogP contribution in [0.1, 0.15) is 35.6 Å². The number of hydrogen-bond acceptors (Lipinski definition) is 4. The predicted molar refractivity (Wildman–Crippen MR) is 164 cm³/mol. The van der Waals surface area contributed by atoms with Gasteiger partial charge in [0.05, 0.1) is 19.3 Å². The highest BCUT2D eigenvalue weighted by atomic mass is 16.5. The number of benzene rings is 5. The van der Waals surface area contributed by atoms with Crippen LogP contribution in [0.25, 0.3) is 10.8 Å². The fraction of sp³-hybridized carbons (Fsp3) is 0.216. The minimum atomic E-state index is -0.996. The van der Waals surface area contributed by atoms with Gasteiger partial charge in [-0.15, -0.1) is 0 Å². The van der Waals surface area contributed by atoms with E-state index in [1.165, 1.54) is 0 Å². The van der Waals surface area contributed by atoms with Crippen LogP contribution in [0, 0.1) is 5.92 Å². The summed E-state index contributed by atoms with van der Waals surface area (Å²) in [5.41, 5.74) is 2.95. The van der Waals surface area contributed by atoms with Crippen molar-refractivity contribution in [3.05, 3.63) is 156 Å². The van der Waals surface area contributed by atoms with Crippen LogP contribution in [-0.4, -0.2) is 30.4 Å². The fourth-order valence-corrected chi connectivity index (χ4v) is 5.58. The van der Waals surface area contributed by atoms with Gasteiger partial charge in [0.25, 0.3) is 0 Å². The van der Waals surface area contributed by atoms with Gasteiger partial charge in [-0.2, -0.15) is 0 Å². The van der Waals surface area contributed by atoms with E-state index in [9.17, 15) is 9.90 Å². The van der Waals surface area contributed by atoms with Crippen molar-refractivity contribution in [2.45, 2.75) is 31.5 Å². The van der Waals surface area contributed by atoms with Crippen LogP contribution in [0.3, 0.4) is 0 Å². The minimum absolute atomic E-state index is 0.0196. The first-order chi connectivity index (χ1) is 20.1. The van der Waals surface area contributed by atoms with Gasteiger partial charge in [-0.05, 0) is 52.8 Å². The highest BCUT2D eigenvalue weighted by Crippen LogP contribution is 2.41. The molecule has 0 aliphatic rings. The van der Waals surface area contributed by atoms with E-state index in [1.54, 1.807) is 6.92 Å². The van der Waals surface area contributed by atoms with Crippen LogP contribution in [0.4, 0.5) is 0 Å². The van der Waals surface area contributed by atoms with Crippen LogP contribution in [0.2, 0.25) is 0 Å². The van der Waals surface area contributed by atoms with Crippen molar-refractivity contribution < 1.29 is 19.4 Å². The Morgan fingerprint density at radius 2 is 1.22 bits per heavy atom. The van der Waals surface area contributed by atoms with Crippen molar-refractivity contribution in [3.8, 4) is 0 Å². The summed E-state index contributed by atoms with van der Waals surface area (Å²) >= 11 is 0. The Morgan fingerprint density at radius 3 is 1.78 bits per heavy atom. The summed E-state index contributed by atoms with van der Waals surface area (Å²) < 4.78 is 12.4. The third-order valence-corrected chi connectivity index (χ3v) is 7.66. The van der Waals surface area contributed by atoms with Gasteiger partial charge in [0.2, 0.25) is 0 Å². The number of hydrogen-bond donors (Lipinski definition) is 1. The maximum Gasteiger partial charge on any atom is 0.313 e. The van der Waals surface area contributed by atoms with Gasteiger partial charge in [0.1, 0.15) is 11.5 Å². The number of rotatable bonds is 12. The molecule has 0 radical (unpaired) electrons. The summed E-state index contributed by atoms with van der Waals surface area (Å²) in [6.07, 6.45) is 0.0724. The smallest absolute Gasteiger partial charge is 0.313 e. The zero-order valence-corrected chi connectivity index (χ0v) is 23.4. The maximum absolute atomic E-state index is 13.3. The quantitative estimate of drug-likeness (QED) is 0.132. The number of carbonyl (C=O) groups excluding carboxylic acids is 1. The fourth-order valence-electron chi connectivity index (χ4n) is 5.58. The zero-order valence-electron chi connectivity index (χ0n) is 23.4. The van der Waals surface area contributed by atoms with Crippen LogP contribution in [0.5, 0.6) is 0 Å². The molecule has 0 saturated heterocycles. The summed E-state index contributed by atoms with van der Waals surface area (Å²) in [6, 6.07) is 44.5. The van der Waals surface area contributed by atoms with E-state index >= 15 is 0 Å². The molecule has 0 fully saturated rings. The number of carbonyl (C=O) groups is 1. The third-order valence-electron chi connectivity index (χ3n) is 7.66. The van der Waals surface area contributed by atoms with Gasteiger partial charge in [-0.25, -0.2) is 0 Å². The first-order valence-corrected chi connectivity index (χ1v) is 14.3. The van der Waals surface area contributed by atoms with Crippen molar-refractivity contribution in [1.29, 1.82) is 0 Å². The van der Waals surface area contributed by atoms with Crippen molar-refractivity contribution in [1.82, 2.24) is 0 Å². The monoisotopic (exact) mass is 544 g/mol. The summed E-state index contributed by atoms with van der Waals surface area (Å²) in [5, 5.41) is 13.8. The van der Waals surface area contributed by atoms with E-state index in [2.05, 4.69) is 24.3 Å². The average molecular weight is 545 g/mol. The summed E-state index contributed by atoms with van der Waals surface area (Å²) in [5.74, 6) is -1.32. The molecule has 2 atom stereocenters. The Bertz CT molecular complexity index is 1430. The Hall–Kier alpha value is -4.25. The van der Waals surface area contributed by atoms with E-state index in [1.807, 2.05) is 109 Å². The molecule has 41 heavy (non-hydrogen) atoms. The summed E-state index contributed by atoms with van der Waals surface area (Å²) in [6.45, 7) is 1.99. The lowest BCUT2D eigenvalue weighted by molar-refractivity contribution is -0.157. The molecule has 0 bridgehead atoms. The molecule has 0 unspecified atom stereocenters. The molecule has 5 aromatic rings. The van der Waals surface area contributed by atoms with Crippen LogP contribution in [0.15, 0.2) is 133 Å². The Balaban J connectivity index is 1.48. The van der Waals surface area contributed by atoms with E-state index in [-0.39, 0.29) is 13.2 Å². The molecule has 0 aliphatic heterocycles. The number of aliphatic hydroxyl groups is 1. The summed E-state index contributed by atoms with van der Waals surface area (Å²) in [7, 11) is 0. The number of aliphatic hydroxyl groups excluding tert-OH is 1. The number of ether oxygens (including phenoxy) is 2. The van der Waals surface area contributed by atoms with Crippen LogP contribution in [-0.2, 0) is 26.3 Å². The molecule has 1 N–H and O–H groups in total. The van der Waals surface area contributed by atoms with Crippen molar-refractivity contribution in [3.63, 3.8) is 0 Å². The topological polar surface area (TPSA) is 55.8 Å². The van der Waals surface area contributed by atoms with E-state index in [0.29, 0.717) is 12.8 Å². The second kappa shape index (κ2) is 13.4. The van der Waals surface area contributed by atoms with Gasteiger partial charge >= 0.3 is 5.97 Å². The highest BCUT2D eigenvalue weighted by Gasteiger charge is 2.40. The van der Waals surface area contributed by atoms with E-state index in [4.69, 9.17) is 9.47 Å². The third kappa shape index (κ3) is 6.25. The Kier molecular flexibility index (Phi) is 9.25. The summed E-state index contributed by atoms with van der Waals surface area (Å²) in [4.78, 5) is 13.3. The number of aryl methyl sites for hydroxylation is 1. The minimum Gasteiger partial charge on any atom is -0.466 e. The van der Waals surface area contributed by atoms with Gasteiger partial charge in [-0.1, -0.05) is 133 Å². The first kappa shape index (κ1) is 28.3. The van der Waals surface area contributed by atoms with Gasteiger partial charge in [0, 0.05) is 0 Å². The molecule has 4 nitrogen and oxygen atoms in total. The molecule has 0 spiro atoms. The molecule has 0 aromatic heterocycles. The molecule has 4 heteroatoms. The zero-order chi connectivity index (χ0) is 28.5. The van der Waals surface area contributed by atoms with E-state index < -0.39 is 23.6 Å². The molecule has 5 aromatic carbocycles. The van der Waals surface area contributed by atoms with Gasteiger partial charge in [0.15, 0.2) is 0 Å². The molecule has 0 amide bonds. The normalized spacial score (nSPS) is 13.0. The molecule has 208 valence electrons. The molecule has 5 rings (SSSR count). The van der Waals surface area contributed by atoms with Gasteiger partial charge < -0.3 is 14.6 Å². The second-order valence-electron chi connectivity index (χ2n) is 10.2. The maximum atomic E-state index is 13.3. The van der Waals surface area contributed by atoms with Crippen molar-refractivity contribution >= 4 is 16.7 Å². The van der Waals surface area contributed by atoms with Gasteiger partial charge in [-0.3, -0.25) is 4.79 Å². The highest BCUT2D eigenvalue weighted by molar-refractivity contribution is 5.85. The molecular weight excluding hydrogens is 508 g/mol. The molecule has 0 saturated carbocycles. The molecular formula is C37H36O4. The average Bonchev–Trinajstić information content (AvgIpc) is 3.03. The molecule has 0 heterocycles. The van der Waals surface area contributed by atoms with Crippen molar-refractivity contribution in [2.24, 2.45) is 5.92 Å². The molecule has 0 aliphatic carbocycles. The van der Waals surface area contributed by atoms with E-state index in [0.717, 1.165) is 33.0 Å². The lowest BCUT2D eigenvalue weighted by Crippen LogP contribution is -2.40. The first-order valence-electron chi connectivity index (χ1n) is 14.3. The van der Waals surface area contributed by atoms with Crippen LogP contribution < -0.4 is 0 Å². The predicted octanol–water partition coefficient (Wildman–Crippen LogP) is 7.32. The van der Waals surface area contributed by atoms with Crippen molar-refractivity contribution in [2.75, 3.05) is 13.2 Å². The Labute approximate surface area is 242 Å². The second-order valence-corrected chi connectivity index (χ2v) is 10.2. The number of fused-ring (bicyclic) bond motifs is 1. The lowest BCUT2D eigenvalue weighted by atomic mass is 9.80. The standard InChI is InChI=1S/C37H36O4/c1-2-40-36(39)34(35(38)26-25-29-17-14-16-28-15-12-13-24-33(28)29)27-41-37(30-18-6-3-7-19-30,31-20-8-4-9-21-31)32-22-10-5-11-23-32/h3-24,34-35,38H,2,25-27H2,1H3/t34-,35-/m0/s1. The largest absolute Gasteiger partial charge is 0.466 e. The van der Waals surface area contributed by atoms with Crippen LogP contribution >= 0.6 is 0 Å². The lowest BCUT2D eigenvalue weighted by Gasteiger charge is -2.37.